The Morgan fingerprint density at radius 1 is 1.05 bits per heavy atom. The molecule has 2 N–H and O–H groups in total. The van der Waals surface area contributed by atoms with Gasteiger partial charge in [0.1, 0.15) is 5.75 Å². The number of carbonyl (C=O) groups is 1. The summed E-state index contributed by atoms with van der Waals surface area (Å²) in [5, 5.41) is 16.2. The Morgan fingerprint density at radius 3 is 2.22 bits per heavy atom. The Balaban J connectivity index is 1.22. The summed E-state index contributed by atoms with van der Waals surface area (Å²) in [5.74, 6) is -3.50. The number of hydrogen-bond donors (Lipinski definition) is 2. The average molecular weight is 538 g/mol. The smallest absolute Gasteiger partial charge is 0.488 e. The van der Waals surface area contributed by atoms with E-state index >= 15 is 0 Å². The van der Waals surface area contributed by atoms with Crippen LogP contribution in [0.15, 0.2) is 40.9 Å². The molecule has 3 saturated carbocycles. The van der Waals surface area contributed by atoms with Gasteiger partial charge in [-0.2, -0.15) is 13.4 Å². The minimum Gasteiger partial charge on any atom is -0.503 e. The molecule has 37 heavy (non-hydrogen) atoms. The number of amides is 1. The number of phenolic OH excluding ortho intramolecular Hbond substituents is 1. The van der Waals surface area contributed by atoms with E-state index in [0.717, 1.165) is 50.7 Å². The normalized spacial score (nSPS) is 23.1. The molecule has 2 aromatic carbocycles. The van der Waals surface area contributed by atoms with Gasteiger partial charge >= 0.3 is 10.5 Å². The van der Waals surface area contributed by atoms with E-state index in [4.69, 9.17) is 4.52 Å². The fraction of sp³-hybridized carbons (Fsp3) is 0.375. The van der Waals surface area contributed by atoms with Crippen LogP contribution in [-0.4, -0.2) is 36.1 Å². The maximum absolute atomic E-state index is 13.6. The third-order valence-corrected chi connectivity index (χ3v) is 7.89. The number of hydrogen-bond acceptors (Lipinski definition) is 8. The summed E-state index contributed by atoms with van der Waals surface area (Å²) in [6.45, 7) is 0.354. The summed E-state index contributed by atoms with van der Waals surface area (Å²) in [6, 6.07) is 7.12. The summed E-state index contributed by atoms with van der Waals surface area (Å²) in [5.41, 5.74) is -0.105. The second-order valence-corrected chi connectivity index (χ2v) is 10.6. The van der Waals surface area contributed by atoms with E-state index < -0.39 is 33.8 Å². The van der Waals surface area contributed by atoms with Gasteiger partial charge in [0.15, 0.2) is 23.2 Å². The number of aromatic nitrogens is 2. The quantitative estimate of drug-likeness (QED) is 0.426. The highest BCUT2D eigenvalue weighted by Gasteiger charge is 2.51. The molecule has 196 valence electrons. The number of fused-ring (bicyclic) bond motifs is 3. The van der Waals surface area contributed by atoms with Crippen LogP contribution in [-0.2, 0) is 15.9 Å². The van der Waals surface area contributed by atoms with Gasteiger partial charge in [-0.1, -0.05) is 9.04 Å². The van der Waals surface area contributed by atoms with Crippen molar-refractivity contribution in [3.05, 3.63) is 59.4 Å². The molecule has 1 heterocycles. The number of benzene rings is 2. The molecule has 3 aromatic rings. The Hall–Kier alpha value is -3.61. The molecule has 9 nitrogen and oxygen atoms in total. The molecular formula is C24H22F3N3O6S. The lowest BCUT2D eigenvalue weighted by atomic mass is 9.53. The van der Waals surface area contributed by atoms with Crippen LogP contribution in [0.3, 0.4) is 0 Å². The molecule has 3 aliphatic carbocycles. The zero-order chi connectivity index (χ0) is 26.4. The van der Waals surface area contributed by atoms with Crippen LogP contribution in [0.5, 0.6) is 11.5 Å². The van der Waals surface area contributed by atoms with Gasteiger partial charge in [0, 0.05) is 23.1 Å². The second kappa shape index (κ2) is 9.05. The number of rotatable bonds is 7. The van der Waals surface area contributed by atoms with E-state index in [1.54, 1.807) is 0 Å². The highest BCUT2D eigenvalue weighted by Crippen LogP contribution is 2.57. The van der Waals surface area contributed by atoms with Crippen molar-refractivity contribution in [2.24, 2.45) is 5.41 Å². The Labute approximate surface area is 210 Å². The summed E-state index contributed by atoms with van der Waals surface area (Å²) < 4.78 is 70.7. The minimum absolute atomic E-state index is 0.148. The molecule has 0 spiro atoms. The molecule has 0 aliphatic heterocycles. The Bertz CT molecular complexity index is 1410. The van der Waals surface area contributed by atoms with Gasteiger partial charge in [-0.05, 0) is 80.3 Å². The van der Waals surface area contributed by atoms with E-state index in [0.29, 0.717) is 17.9 Å². The SMILES string of the molecule is O=C(NC[C@]12CC[C@](c3noc(-c4ccc(OS(=O)(=O)F)cc4)n3)(CC1)CC2)c1cc(F)c(O)c(F)c1. The van der Waals surface area contributed by atoms with Crippen LogP contribution in [0.1, 0.15) is 54.7 Å². The van der Waals surface area contributed by atoms with Crippen molar-refractivity contribution in [3.8, 4) is 23.0 Å². The molecule has 3 fully saturated rings. The fourth-order valence-corrected chi connectivity index (χ4v) is 5.60. The molecule has 0 atom stereocenters. The van der Waals surface area contributed by atoms with Crippen LogP contribution in [0.4, 0.5) is 12.7 Å². The summed E-state index contributed by atoms with van der Waals surface area (Å²) in [6.07, 6.45) is 4.68. The predicted molar refractivity (Wildman–Crippen MR) is 123 cm³/mol. The topological polar surface area (TPSA) is 132 Å². The van der Waals surface area contributed by atoms with Crippen LogP contribution < -0.4 is 9.50 Å². The predicted octanol–water partition coefficient (Wildman–Crippen LogP) is 4.34. The van der Waals surface area contributed by atoms with Crippen LogP contribution >= 0.6 is 0 Å². The van der Waals surface area contributed by atoms with E-state index in [2.05, 4.69) is 19.6 Å². The molecule has 13 heteroatoms. The first-order chi connectivity index (χ1) is 17.5. The largest absolute Gasteiger partial charge is 0.503 e. The molecule has 2 bridgehead atoms. The molecule has 6 rings (SSSR count). The molecular weight excluding hydrogens is 515 g/mol. The number of aromatic hydroxyl groups is 1. The van der Waals surface area contributed by atoms with Gasteiger partial charge in [0.05, 0.1) is 0 Å². The molecule has 0 unspecified atom stereocenters. The first-order valence-electron chi connectivity index (χ1n) is 11.5. The lowest BCUT2D eigenvalue weighted by Gasteiger charge is -2.52. The summed E-state index contributed by atoms with van der Waals surface area (Å²) >= 11 is 0. The highest BCUT2D eigenvalue weighted by molar-refractivity contribution is 7.81. The maximum atomic E-state index is 13.6. The number of nitrogens with one attached hydrogen (secondary N) is 1. The molecule has 0 radical (unpaired) electrons. The van der Waals surface area contributed by atoms with E-state index in [9.17, 15) is 31.0 Å². The van der Waals surface area contributed by atoms with Crippen molar-refractivity contribution in [3.63, 3.8) is 0 Å². The number of nitrogens with zero attached hydrogens (tertiary/aromatic N) is 2. The van der Waals surface area contributed by atoms with Crippen molar-refractivity contribution >= 4 is 16.4 Å². The van der Waals surface area contributed by atoms with Gasteiger partial charge in [0.2, 0.25) is 0 Å². The van der Waals surface area contributed by atoms with Crippen LogP contribution in [0, 0.1) is 17.0 Å². The average Bonchev–Trinajstić information content (AvgIpc) is 3.37. The highest BCUT2D eigenvalue weighted by atomic mass is 32.3. The van der Waals surface area contributed by atoms with Crippen LogP contribution in [0.2, 0.25) is 0 Å². The van der Waals surface area contributed by atoms with Gasteiger partial charge in [-0.15, -0.1) is 0 Å². The second-order valence-electron chi connectivity index (χ2n) is 9.68. The monoisotopic (exact) mass is 537 g/mol. The zero-order valence-corrected chi connectivity index (χ0v) is 20.2. The van der Waals surface area contributed by atoms with Gasteiger partial charge in [0.25, 0.3) is 11.8 Å². The van der Waals surface area contributed by atoms with Crippen molar-refractivity contribution in [2.75, 3.05) is 6.54 Å². The van der Waals surface area contributed by atoms with E-state index in [1.807, 2.05) is 0 Å². The number of carbonyl (C=O) groups excluding carboxylic acids is 1. The Kier molecular flexibility index (Phi) is 6.13. The fourth-order valence-electron chi connectivity index (χ4n) is 5.25. The van der Waals surface area contributed by atoms with Gasteiger partial charge in [-0.25, -0.2) is 8.78 Å². The first kappa shape index (κ1) is 25.1. The lowest BCUT2D eigenvalue weighted by molar-refractivity contribution is 0.0335. The standard InChI is InChI=1S/C24H22F3N3O6S/c25-17-11-15(12-18(26)19(17)31)20(32)28-13-23-5-8-24(9-6-23,10-7-23)22-29-21(35-30-22)14-1-3-16(4-2-14)36-37(27,33)34/h1-4,11-12,31H,5-10,13H2,(H,28,32)/t23-,24+. The molecule has 1 amide bonds. The minimum atomic E-state index is -5.12. The van der Waals surface area contributed by atoms with Crippen molar-refractivity contribution in [1.29, 1.82) is 0 Å². The van der Waals surface area contributed by atoms with Gasteiger partial charge < -0.3 is 19.1 Å². The van der Waals surface area contributed by atoms with Crippen molar-refractivity contribution < 1.29 is 39.7 Å². The van der Waals surface area contributed by atoms with E-state index in [1.165, 1.54) is 24.3 Å². The van der Waals surface area contributed by atoms with Crippen molar-refractivity contribution in [2.45, 2.75) is 43.9 Å². The Morgan fingerprint density at radius 2 is 1.65 bits per heavy atom. The molecule has 3 aliphatic rings. The summed E-state index contributed by atoms with van der Waals surface area (Å²) in [4.78, 5) is 17.0. The molecule has 0 saturated heterocycles. The lowest BCUT2D eigenvalue weighted by Crippen LogP contribution is -2.49. The number of phenols is 1. The van der Waals surface area contributed by atoms with Crippen molar-refractivity contribution in [1.82, 2.24) is 15.5 Å². The zero-order valence-electron chi connectivity index (χ0n) is 19.3. The maximum Gasteiger partial charge on any atom is 0.488 e. The van der Waals surface area contributed by atoms with Crippen LogP contribution in [0.25, 0.3) is 11.5 Å². The molecule has 1 aromatic heterocycles. The van der Waals surface area contributed by atoms with E-state index in [-0.39, 0.29) is 28.0 Å². The first-order valence-corrected chi connectivity index (χ1v) is 12.8. The van der Waals surface area contributed by atoms with Gasteiger partial charge in [-0.3, -0.25) is 4.79 Å². The summed E-state index contributed by atoms with van der Waals surface area (Å²) in [7, 11) is -5.12. The third-order valence-electron chi connectivity index (χ3n) is 7.50. The number of halogens is 3. The third kappa shape index (κ3) is 4.99.